The van der Waals surface area contributed by atoms with E-state index in [4.69, 9.17) is 0 Å². The highest BCUT2D eigenvalue weighted by Gasteiger charge is 2.42. The first-order valence-electron chi connectivity index (χ1n) is 6.85. The zero-order valence-electron chi connectivity index (χ0n) is 10.3. The lowest BCUT2D eigenvalue weighted by Gasteiger charge is -2.25. The van der Waals surface area contributed by atoms with Gasteiger partial charge in [0.15, 0.2) is 0 Å². The third-order valence-electron chi connectivity index (χ3n) is 4.24. The number of carbonyl (C=O) groups excluding carboxylic acids is 1. The fraction of sp³-hybridized carbons (Fsp3) is 0.923. The molecular formula is C13H23ClN2O. The van der Waals surface area contributed by atoms with Crippen LogP contribution in [0.1, 0.15) is 38.5 Å². The van der Waals surface area contributed by atoms with Crippen molar-refractivity contribution in [2.45, 2.75) is 44.6 Å². The van der Waals surface area contributed by atoms with E-state index in [0.717, 1.165) is 37.8 Å². The van der Waals surface area contributed by atoms with Gasteiger partial charge in [-0.1, -0.05) is 0 Å². The van der Waals surface area contributed by atoms with Crippen molar-refractivity contribution in [3.05, 3.63) is 0 Å². The van der Waals surface area contributed by atoms with Gasteiger partial charge in [-0.05, 0) is 56.9 Å². The molecule has 3 nitrogen and oxygen atoms in total. The molecule has 0 aromatic rings. The van der Waals surface area contributed by atoms with Gasteiger partial charge in [0.2, 0.25) is 5.91 Å². The van der Waals surface area contributed by atoms with E-state index in [9.17, 15) is 4.79 Å². The summed E-state index contributed by atoms with van der Waals surface area (Å²) in [5.41, 5.74) is 0. The number of amides is 1. The van der Waals surface area contributed by atoms with E-state index in [0.29, 0.717) is 11.9 Å². The van der Waals surface area contributed by atoms with Crippen LogP contribution in [0, 0.1) is 17.8 Å². The van der Waals surface area contributed by atoms with Gasteiger partial charge < -0.3 is 10.6 Å². The van der Waals surface area contributed by atoms with Crippen molar-refractivity contribution in [1.29, 1.82) is 0 Å². The van der Waals surface area contributed by atoms with Gasteiger partial charge in [-0.15, -0.1) is 12.4 Å². The molecule has 1 saturated heterocycles. The van der Waals surface area contributed by atoms with Gasteiger partial charge in [-0.3, -0.25) is 4.79 Å². The largest absolute Gasteiger partial charge is 0.353 e. The molecule has 1 unspecified atom stereocenters. The summed E-state index contributed by atoms with van der Waals surface area (Å²) in [7, 11) is 0. The van der Waals surface area contributed by atoms with Gasteiger partial charge in [-0.25, -0.2) is 0 Å². The van der Waals surface area contributed by atoms with Crippen molar-refractivity contribution in [2.75, 3.05) is 13.1 Å². The number of hydrogen-bond acceptors (Lipinski definition) is 2. The Morgan fingerprint density at radius 2 is 1.76 bits per heavy atom. The van der Waals surface area contributed by atoms with E-state index < -0.39 is 0 Å². The van der Waals surface area contributed by atoms with Crippen LogP contribution < -0.4 is 10.6 Å². The Morgan fingerprint density at radius 3 is 2.24 bits per heavy atom. The van der Waals surface area contributed by atoms with Crippen LogP contribution in [-0.2, 0) is 4.79 Å². The molecule has 0 spiro atoms. The molecule has 0 bridgehead atoms. The van der Waals surface area contributed by atoms with Gasteiger partial charge in [0.1, 0.15) is 0 Å². The van der Waals surface area contributed by atoms with Crippen molar-refractivity contribution in [3.8, 4) is 0 Å². The normalized spacial score (nSPS) is 28.6. The van der Waals surface area contributed by atoms with Gasteiger partial charge >= 0.3 is 0 Å². The SMILES string of the molecule is Cl.O=C(NC(C1CC1)C1CC1)C1CCCNC1. The van der Waals surface area contributed by atoms with Crippen LogP contribution in [0.3, 0.4) is 0 Å². The molecule has 3 aliphatic rings. The molecule has 4 heteroatoms. The molecule has 2 saturated carbocycles. The van der Waals surface area contributed by atoms with Crippen LogP contribution in [0.25, 0.3) is 0 Å². The Morgan fingerprint density at radius 1 is 1.12 bits per heavy atom. The molecule has 2 aliphatic carbocycles. The van der Waals surface area contributed by atoms with Crippen molar-refractivity contribution in [1.82, 2.24) is 10.6 Å². The first kappa shape index (κ1) is 13.2. The zero-order valence-corrected chi connectivity index (χ0v) is 11.1. The number of hydrogen-bond donors (Lipinski definition) is 2. The number of rotatable bonds is 4. The topological polar surface area (TPSA) is 41.1 Å². The monoisotopic (exact) mass is 258 g/mol. The summed E-state index contributed by atoms with van der Waals surface area (Å²) in [6.07, 6.45) is 7.57. The quantitative estimate of drug-likeness (QED) is 0.806. The predicted molar refractivity (Wildman–Crippen MR) is 70.2 cm³/mol. The highest BCUT2D eigenvalue weighted by molar-refractivity contribution is 5.85. The standard InChI is InChI=1S/C13H22N2O.ClH/c16-13(11-2-1-7-14-8-11)15-12(9-3-4-9)10-5-6-10;/h9-12,14H,1-8H2,(H,15,16);1H. The number of piperidine rings is 1. The predicted octanol–water partition coefficient (Wildman–Crippen LogP) is 1.71. The van der Waals surface area contributed by atoms with Gasteiger partial charge in [0, 0.05) is 12.6 Å². The second kappa shape index (κ2) is 5.57. The van der Waals surface area contributed by atoms with Crippen molar-refractivity contribution < 1.29 is 4.79 Å². The molecule has 17 heavy (non-hydrogen) atoms. The van der Waals surface area contributed by atoms with E-state index >= 15 is 0 Å². The molecule has 1 amide bonds. The summed E-state index contributed by atoms with van der Waals surface area (Å²) < 4.78 is 0. The highest BCUT2D eigenvalue weighted by atomic mass is 35.5. The summed E-state index contributed by atoms with van der Waals surface area (Å²) in [4.78, 5) is 12.1. The number of carbonyl (C=O) groups is 1. The minimum atomic E-state index is 0. The molecule has 98 valence electrons. The maximum absolute atomic E-state index is 12.1. The van der Waals surface area contributed by atoms with Crippen LogP contribution >= 0.6 is 12.4 Å². The van der Waals surface area contributed by atoms with Crippen LogP contribution in [-0.4, -0.2) is 25.0 Å². The lowest BCUT2D eigenvalue weighted by Crippen LogP contribution is -2.46. The van der Waals surface area contributed by atoms with E-state index in [-0.39, 0.29) is 18.3 Å². The lowest BCUT2D eigenvalue weighted by molar-refractivity contribution is -0.126. The molecule has 1 aliphatic heterocycles. The minimum absolute atomic E-state index is 0. The molecule has 3 fully saturated rings. The lowest BCUT2D eigenvalue weighted by atomic mass is 9.97. The fourth-order valence-electron chi connectivity index (χ4n) is 2.89. The maximum atomic E-state index is 12.1. The summed E-state index contributed by atoms with van der Waals surface area (Å²) >= 11 is 0. The molecule has 1 atom stereocenters. The zero-order chi connectivity index (χ0) is 11.0. The summed E-state index contributed by atoms with van der Waals surface area (Å²) in [5.74, 6) is 2.17. The molecule has 3 rings (SSSR count). The molecular weight excluding hydrogens is 236 g/mol. The van der Waals surface area contributed by atoms with Crippen molar-refractivity contribution >= 4 is 18.3 Å². The Balaban J connectivity index is 0.00000108. The average molecular weight is 259 g/mol. The Bertz CT molecular complexity index is 259. The second-order valence-corrected chi connectivity index (χ2v) is 5.75. The van der Waals surface area contributed by atoms with Crippen molar-refractivity contribution in [3.63, 3.8) is 0 Å². The van der Waals surface area contributed by atoms with Crippen LogP contribution in [0.4, 0.5) is 0 Å². The third kappa shape index (κ3) is 3.35. The van der Waals surface area contributed by atoms with E-state index in [2.05, 4.69) is 10.6 Å². The Kier molecular flexibility index (Phi) is 4.31. The second-order valence-electron chi connectivity index (χ2n) is 5.75. The van der Waals surface area contributed by atoms with Crippen LogP contribution in [0.15, 0.2) is 0 Å². The van der Waals surface area contributed by atoms with Gasteiger partial charge in [-0.2, -0.15) is 0 Å². The minimum Gasteiger partial charge on any atom is -0.353 e. The first-order valence-corrected chi connectivity index (χ1v) is 6.85. The van der Waals surface area contributed by atoms with E-state index in [1.807, 2.05) is 0 Å². The van der Waals surface area contributed by atoms with Gasteiger partial charge in [0.25, 0.3) is 0 Å². The fourth-order valence-corrected chi connectivity index (χ4v) is 2.89. The van der Waals surface area contributed by atoms with Crippen molar-refractivity contribution in [2.24, 2.45) is 17.8 Å². The van der Waals surface area contributed by atoms with E-state index in [1.165, 1.54) is 25.7 Å². The van der Waals surface area contributed by atoms with Crippen LogP contribution in [0.5, 0.6) is 0 Å². The molecule has 0 aromatic heterocycles. The molecule has 1 heterocycles. The van der Waals surface area contributed by atoms with Crippen LogP contribution in [0.2, 0.25) is 0 Å². The molecule has 2 N–H and O–H groups in total. The maximum Gasteiger partial charge on any atom is 0.224 e. The summed E-state index contributed by atoms with van der Waals surface area (Å²) in [6, 6.07) is 0.523. The number of halogens is 1. The van der Waals surface area contributed by atoms with E-state index in [1.54, 1.807) is 0 Å². The van der Waals surface area contributed by atoms with Gasteiger partial charge in [0.05, 0.1) is 5.92 Å². The Labute approximate surface area is 110 Å². The smallest absolute Gasteiger partial charge is 0.224 e. The summed E-state index contributed by atoms with van der Waals surface area (Å²) in [5, 5.41) is 6.65. The summed E-state index contributed by atoms with van der Waals surface area (Å²) in [6.45, 7) is 1.96. The molecule has 0 aromatic carbocycles. The third-order valence-corrected chi connectivity index (χ3v) is 4.24. The first-order chi connectivity index (χ1) is 7.84. The Hall–Kier alpha value is -0.280. The highest BCUT2D eigenvalue weighted by Crippen LogP contribution is 2.44. The molecule has 0 radical (unpaired) electrons. The number of nitrogens with one attached hydrogen (secondary N) is 2. The average Bonchev–Trinajstić information content (AvgIpc) is 3.19.